The fourth-order valence-electron chi connectivity index (χ4n) is 2.59. The highest BCUT2D eigenvalue weighted by molar-refractivity contribution is 9.08. The number of rotatable bonds is 4. The molecule has 0 amide bonds. The molecule has 128 valence electrons. The maximum atomic E-state index is 12.1. The van der Waals surface area contributed by atoms with Crippen LogP contribution in [-0.4, -0.2) is 27.8 Å². The summed E-state index contributed by atoms with van der Waals surface area (Å²) in [6, 6.07) is 9.22. The van der Waals surface area contributed by atoms with Crippen LogP contribution in [0.5, 0.6) is 0 Å². The Morgan fingerprint density at radius 3 is 2.72 bits per heavy atom. The molecule has 5 nitrogen and oxygen atoms in total. The minimum absolute atomic E-state index is 0.381. The van der Waals surface area contributed by atoms with Crippen molar-refractivity contribution in [3.63, 3.8) is 0 Å². The predicted molar refractivity (Wildman–Crippen MR) is 101 cm³/mol. The quantitative estimate of drug-likeness (QED) is 0.355. The summed E-state index contributed by atoms with van der Waals surface area (Å²) in [5.74, 6) is -0.388. The van der Waals surface area contributed by atoms with E-state index in [0.717, 1.165) is 22.3 Å². The van der Waals surface area contributed by atoms with E-state index in [0.29, 0.717) is 21.7 Å². The van der Waals surface area contributed by atoms with E-state index in [9.17, 15) is 4.79 Å². The third-order valence-corrected chi connectivity index (χ3v) is 4.62. The molecule has 0 spiro atoms. The molecule has 0 radical (unpaired) electrons. The Labute approximate surface area is 158 Å². The number of alkyl halides is 1. The Morgan fingerprint density at radius 2 is 2.08 bits per heavy atom. The van der Waals surface area contributed by atoms with Crippen molar-refractivity contribution in [1.82, 2.24) is 14.8 Å². The maximum absolute atomic E-state index is 12.1. The summed E-state index contributed by atoms with van der Waals surface area (Å²) < 4.78 is 6.62. The first-order valence-electron chi connectivity index (χ1n) is 7.46. The van der Waals surface area contributed by atoms with Gasteiger partial charge in [-0.1, -0.05) is 39.7 Å². The molecule has 0 unspecified atom stereocenters. The Balaban J connectivity index is 2.19. The number of halogens is 2. The van der Waals surface area contributed by atoms with Gasteiger partial charge in [-0.05, 0) is 23.8 Å². The molecule has 7 heteroatoms. The second kappa shape index (κ2) is 7.37. The summed E-state index contributed by atoms with van der Waals surface area (Å²) in [5.41, 5.74) is 4.63. The third kappa shape index (κ3) is 3.60. The standard InChI is InChI=1S/C18H15BrClN3O2/c1-23-10-13(9-21-23)14-5-6-16(20)22-17(14)11-3-4-12(8-19)15(7-11)18(24)25-2/h3-7,9-10H,8H2,1-2H3. The lowest BCUT2D eigenvalue weighted by Crippen LogP contribution is -2.05. The van der Waals surface area contributed by atoms with E-state index in [4.69, 9.17) is 16.3 Å². The monoisotopic (exact) mass is 419 g/mol. The van der Waals surface area contributed by atoms with Crippen LogP contribution in [0, 0.1) is 0 Å². The van der Waals surface area contributed by atoms with Crippen LogP contribution in [0.1, 0.15) is 15.9 Å². The number of hydrogen-bond donors (Lipinski definition) is 0. The number of carbonyl (C=O) groups excluding carboxylic acids is 1. The van der Waals surface area contributed by atoms with E-state index in [-0.39, 0.29) is 5.97 Å². The highest BCUT2D eigenvalue weighted by Gasteiger charge is 2.16. The van der Waals surface area contributed by atoms with Crippen molar-refractivity contribution < 1.29 is 9.53 Å². The summed E-state index contributed by atoms with van der Waals surface area (Å²) in [6.45, 7) is 0. The highest BCUT2D eigenvalue weighted by Crippen LogP contribution is 2.33. The molecular weight excluding hydrogens is 406 g/mol. The second-order valence-corrected chi connectivity index (χ2v) is 6.38. The largest absolute Gasteiger partial charge is 0.465 e. The van der Waals surface area contributed by atoms with Gasteiger partial charge in [0.25, 0.3) is 0 Å². The Kier molecular flexibility index (Phi) is 5.20. The molecule has 3 aromatic rings. The number of benzene rings is 1. The van der Waals surface area contributed by atoms with Gasteiger partial charge < -0.3 is 4.74 Å². The fraction of sp³-hybridized carbons (Fsp3) is 0.167. The summed E-state index contributed by atoms with van der Waals surface area (Å²) in [4.78, 5) is 16.6. The van der Waals surface area contributed by atoms with Gasteiger partial charge in [-0.2, -0.15) is 5.10 Å². The average Bonchev–Trinajstić information content (AvgIpc) is 3.06. The molecule has 0 N–H and O–H groups in total. The van der Waals surface area contributed by atoms with Gasteiger partial charge in [-0.15, -0.1) is 0 Å². The van der Waals surface area contributed by atoms with Gasteiger partial charge in [0, 0.05) is 35.3 Å². The highest BCUT2D eigenvalue weighted by atomic mass is 79.9. The lowest BCUT2D eigenvalue weighted by molar-refractivity contribution is 0.0600. The number of hydrogen-bond acceptors (Lipinski definition) is 4. The molecule has 0 bridgehead atoms. The van der Waals surface area contributed by atoms with Gasteiger partial charge in [0.1, 0.15) is 5.15 Å². The predicted octanol–water partition coefficient (Wildman–Crippen LogP) is 4.48. The molecule has 25 heavy (non-hydrogen) atoms. The van der Waals surface area contributed by atoms with Crippen molar-refractivity contribution >= 4 is 33.5 Å². The molecule has 1 aromatic carbocycles. The summed E-state index contributed by atoms with van der Waals surface area (Å²) >= 11 is 9.51. The number of methoxy groups -OCH3 is 1. The molecule has 0 saturated carbocycles. The zero-order valence-corrected chi connectivity index (χ0v) is 16.0. The normalized spacial score (nSPS) is 10.7. The molecule has 2 heterocycles. The smallest absolute Gasteiger partial charge is 0.338 e. The van der Waals surface area contributed by atoms with Crippen LogP contribution >= 0.6 is 27.5 Å². The number of esters is 1. The molecule has 0 saturated heterocycles. The Hall–Kier alpha value is -2.18. The number of pyridine rings is 1. The van der Waals surface area contributed by atoms with Crippen LogP contribution in [0.3, 0.4) is 0 Å². The number of ether oxygens (including phenoxy) is 1. The molecule has 0 fully saturated rings. The first-order valence-corrected chi connectivity index (χ1v) is 8.96. The molecular formula is C18H15BrClN3O2. The van der Waals surface area contributed by atoms with Crippen LogP contribution in [0.25, 0.3) is 22.4 Å². The van der Waals surface area contributed by atoms with Crippen LogP contribution < -0.4 is 0 Å². The number of aryl methyl sites for hydroxylation is 1. The van der Waals surface area contributed by atoms with Crippen molar-refractivity contribution in [2.24, 2.45) is 7.05 Å². The van der Waals surface area contributed by atoms with E-state index >= 15 is 0 Å². The lowest BCUT2D eigenvalue weighted by Gasteiger charge is -2.11. The second-order valence-electron chi connectivity index (χ2n) is 5.43. The first-order chi connectivity index (χ1) is 12.0. The van der Waals surface area contributed by atoms with Crippen LogP contribution in [-0.2, 0) is 17.1 Å². The van der Waals surface area contributed by atoms with Gasteiger partial charge >= 0.3 is 5.97 Å². The Bertz CT molecular complexity index is 940. The zero-order valence-electron chi connectivity index (χ0n) is 13.7. The minimum atomic E-state index is -0.388. The van der Waals surface area contributed by atoms with Crippen LogP contribution in [0.2, 0.25) is 5.15 Å². The van der Waals surface area contributed by atoms with Gasteiger partial charge in [-0.25, -0.2) is 9.78 Å². The lowest BCUT2D eigenvalue weighted by atomic mass is 9.98. The van der Waals surface area contributed by atoms with Crippen molar-refractivity contribution in [2.45, 2.75) is 5.33 Å². The van der Waals surface area contributed by atoms with Gasteiger partial charge in [0.15, 0.2) is 0 Å². The molecule has 0 aliphatic carbocycles. The summed E-state index contributed by atoms with van der Waals surface area (Å²) in [5, 5.41) is 5.15. The maximum Gasteiger partial charge on any atom is 0.338 e. The van der Waals surface area contributed by atoms with Gasteiger partial charge in [0.2, 0.25) is 0 Å². The molecule has 3 rings (SSSR count). The number of aromatic nitrogens is 3. The minimum Gasteiger partial charge on any atom is -0.465 e. The number of carbonyl (C=O) groups is 1. The topological polar surface area (TPSA) is 57.0 Å². The van der Waals surface area contributed by atoms with Crippen molar-refractivity contribution in [2.75, 3.05) is 7.11 Å². The number of nitrogens with zero attached hydrogens (tertiary/aromatic N) is 3. The first kappa shape index (κ1) is 17.6. The average molecular weight is 421 g/mol. The third-order valence-electron chi connectivity index (χ3n) is 3.81. The van der Waals surface area contributed by atoms with E-state index in [1.54, 1.807) is 23.0 Å². The van der Waals surface area contributed by atoms with Crippen molar-refractivity contribution in [1.29, 1.82) is 0 Å². The van der Waals surface area contributed by atoms with Crippen LogP contribution in [0.4, 0.5) is 0 Å². The van der Waals surface area contributed by atoms with E-state index < -0.39 is 0 Å². The SMILES string of the molecule is COC(=O)c1cc(-c2nc(Cl)ccc2-c2cnn(C)c2)ccc1CBr. The Morgan fingerprint density at radius 1 is 1.28 bits per heavy atom. The molecule has 0 atom stereocenters. The van der Waals surface area contributed by atoms with Gasteiger partial charge in [-0.3, -0.25) is 4.68 Å². The van der Waals surface area contributed by atoms with Crippen LogP contribution in [0.15, 0.2) is 42.7 Å². The van der Waals surface area contributed by atoms with Gasteiger partial charge in [0.05, 0.1) is 24.6 Å². The van der Waals surface area contributed by atoms with E-state index in [1.807, 2.05) is 31.4 Å². The van der Waals surface area contributed by atoms with Crippen molar-refractivity contribution in [3.05, 3.63) is 59.0 Å². The molecule has 0 aliphatic rings. The summed E-state index contributed by atoms with van der Waals surface area (Å²) in [7, 11) is 3.22. The summed E-state index contributed by atoms with van der Waals surface area (Å²) in [6.07, 6.45) is 3.67. The molecule has 0 aliphatic heterocycles. The van der Waals surface area contributed by atoms with Crippen molar-refractivity contribution in [3.8, 4) is 22.4 Å². The van der Waals surface area contributed by atoms with E-state index in [1.165, 1.54) is 7.11 Å². The van der Waals surface area contributed by atoms with E-state index in [2.05, 4.69) is 26.0 Å². The zero-order chi connectivity index (χ0) is 18.0. The fourth-order valence-corrected chi connectivity index (χ4v) is 3.23. The molecule has 2 aromatic heterocycles.